The molecule has 0 aliphatic carbocycles. The van der Waals surface area contributed by atoms with Crippen LogP contribution in [0.3, 0.4) is 0 Å². The van der Waals surface area contributed by atoms with Crippen LogP contribution in [0.25, 0.3) is 0 Å². The number of ether oxygens (including phenoxy) is 1. The van der Waals surface area contributed by atoms with Crippen LogP contribution in [0.5, 0.6) is 0 Å². The minimum Gasteiger partial charge on any atom is -0.462 e. The fourth-order valence-corrected chi connectivity index (χ4v) is 3.14. The van der Waals surface area contributed by atoms with Crippen molar-refractivity contribution in [1.29, 1.82) is 0 Å². The second kappa shape index (κ2) is 6.57. The Bertz CT molecular complexity index is 688. The normalized spacial score (nSPS) is 20.9. The molecule has 2 aromatic carbocycles. The Labute approximate surface area is 141 Å². The molecule has 2 atom stereocenters. The maximum absolute atomic E-state index is 12.3. The van der Waals surface area contributed by atoms with Crippen molar-refractivity contribution in [3.8, 4) is 0 Å². The van der Waals surface area contributed by atoms with E-state index < -0.39 is 17.5 Å². The molecular weight excluding hydrogens is 302 g/mol. The van der Waals surface area contributed by atoms with Crippen molar-refractivity contribution >= 4 is 11.8 Å². The summed E-state index contributed by atoms with van der Waals surface area (Å²) in [6.45, 7) is 3.45. The minimum absolute atomic E-state index is 0.0404. The first-order valence-corrected chi connectivity index (χ1v) is 8.10. The Kier molecular flexibility index (Phi) is 4.49. The summed E-state index contributed by atoms with van der Waals surface area (Å²) in [5, 5.41) is 3.44. The van der Waals surface area contributed by atoms with Gasteiger partial charge in [0.25, 0.3) is 0 Å². The van der Waals surface area contributed by atoms with Gasteiger partial charge in [-0.15, -0.1) is 0 Å². The van der Waals surface area contributed by atoms with Crippen LogP contribution in [0.1, 0.15) is 25.0 Å². The molecule has 4 nitrogen and oxygen atoms in total. The summed E-state index contributed by atoms with van der Waals surface area (Å²) < 4.78 is 5.53. The zero-order valence-electron chi connectivity index (χ0n) is 13.9. The summed E-state index contributed by atoms with van der Waals surface area (Å²) in [6.07, 6.45) is 0. The lowest BCUT2D eigenvalue weighted by atomic mass is 9.80. The van der Waals surface area contributed by atoms with Crippen molar-refractivity contribution in [2.45, 2.75) is 25.4 Å². The summed E-state index contributed by atoms with van der Waals surface area (Å²) >= 11 is 0. The maximum atomic E-state index is 12.3. The second-order valence-corrected chi connectivity index (χ2v) is 6.27. The molecular formula is C20H21NO3. The van der Waals surface area contributed by atoms with E-state index in [0.29, 0.717) is 0 Å². The largest absolute Gasteiger partial charge is 0.462 e. The van der Waals surface area contributed by atoms with Gasteiger partial charge in [-0.3, -0.25) is 14.9 Å². The Morgan fingerprint density at radius 3 is 2.04 bits per heavy atom. The SMILES string of the molecule is CC(=O)[C@@H](C)[C@H]1NC(c2ccccc2)(c2ccccc2)COC1=O. The molecule has 3 rings (SSSR count). The molecule has 0 aromatic heterocycles. The Hall–Kier alpha value is -2.46. The van der Waals surface area contributed by atoms with Gasteiger partial charge in [0, 0.05) is 5.92 Å². The summed E-state index contributed by atoms with van der Waals surface area (Å²) in [4.78, 5) is 24.1. The summed E-state index contributed by atoms with van der Waals surface area (Å²) in [5.74, 6) is -0.869. The van der Waals surface area contributed by atoms with E-state index in [0.717, 1.165) is 11.1 Å². The van der Waals surface area contributed by atoms with Crippen molar-refractivity contribution in [2.24, 2.45) is 5.92 Å². The van der Waals surface area contributed by atoms with Gasteiger partial charge in [0.1, 0.15) is 24.0 Å². The topological polar surface area (TPSA) is 55.4 Å². The van der Waals surface area contributed by atoms with E-state index in [2.05, 4.69) is 5.32 Å². The molecule has 1 aliphatic rings. The number of hydrogen-bond donors (Lipinski definition) is 1. The molecule has 0 unspecified atom stereocenters. The Morgan fingerprint density at radius 2 is 1.58 bits per heavy atom. The highest BCUT2D eigenvalue weighted by molar-refractivity contribution is 5.87. The van der Waals surface area contributed by atoms with Gasteiger partial charge in [-0.05, 0) is 18.1 Å². The van der Waals surface area contributed by atoms with Crippen molar-refractivity contribution in [1.82, 2.24) is 5.32 Å². The van der Waals surface area contributed by atoms with Crippen LogP contribution in [0.15, 0.2) is 60.7 Å². The molecule has 1 fully saturated rings. The van der Waals surface area contributed by atoms with E-state index in [1.54, 1.807) is 6.92 Å². The third-order valence-corrected chi connectivity index (χ3v) is 4.76. The smallest absolute Gasteiger partial charge is 0.324 e. The number of ketones is 1. The molecule has 1 saturated heterocycles. The number of morpholine rings is 1. The van der Waals surface area contributed by atoms with Crippen molar-refractivity contribution in [2.75, 3.05) is 6.61 Å². The van der Waals surface area contributed by atoms with Crippen LogP contribution < -0.4 is 5.32 Å². The summed E-state index contributed by atoms with van der Waals surface area (Å²) in [7, 11) is 0. The van der Waals surface area contributed by atoms with Gasteiger partial charge in [-0.25, -0.2) is 0 Å². The molecule has 0 radical (unpaired) electrons. The lowest BCUT2D eigenvalue weighted by Crippen LogP contribution is -2.62. The van der Waals surface area contributed by atoms with Crippen LogP contribution in [0, 0.1) is 5.92 Å². The number of benzene rings is 2. The predicted molar refractivity (Wildman–Crippen MR) is 91.4 cm³/mol. The third-order valence-electron chi connectivity index (χ3n) is 4.76. The average molecular weight is 323 g/mol. The number of carbonyl (C=O) groups excluding carboxylic acids is 2. The quantitative estimate of drug-likeness (QED) is 0.879. The van der Waals surface area contributed by atoms with Crippen LogP contribution in [-0.4, -0.2) is 24.4 Å². The molecule has 0 saturated carbocycles. The molecule has 0 spiro atoms. The van der Waals surface area contributed by atoms with E-state index in [4.69, 9.17) is 4.74 Å². The fraction of sp³-hybridized carbons (Fsp3) is 0.300. The lowest BCUT2D eigenvalue weighted by Gasteiger charge is -2.43. The Balaban J connectivity index is 2.09. The van der Waals surface area contributed by atoms with E-state index in [9.17, 15) is 9.59 Å². The van der Waals surface area contributed by atoms with Crippen LogP contribution in [-0.2, 0) is 19.9 Å². The van der Waals surface area contributed by atoms with Gasteiger partial charge in [-0.2, -0.15) is 0 Å². The highest BCUT2D eigenvalue weighted by Gasteiger charge is 2.46. The average Bonchev–Trinajstić information content (AvgIpc) is 2.63. The van der Waals surface area contributed by atoms with Crippen LogP contribution in [0.4, 0.5) is 0 Å². The maximum Gasteiger partial charge on any atom is 0.324 e. The summed E-state index contributed by atoms with van der Waals surface area (Å²) in [5.41, 5.74) is 1.35. The zero-order chi connectivity index (χ0) is 17.2. The van der Waals surface area contributed by atoms with Gasteiger partial charge < -0.3 is 4.74 Å². The molecule has 2 aromatic rings. The Morgan fingerprint density at radius 1 is 1.08 bits per heavy atom. The van der Waals surface area contributed by atoms with Gasteiger partial charge in [0.15, 0.2) is 0 Å². The van der Waals surface area contributed by atoms with E-state index in [-0.39, 0.29) is 18.4 Å². The second-order valence-electron chi connectivity index (χ2n) is 6.27. The highest BCUT2D eigenvalue weighted by Crippen LogP contribution is 2.34. The standard InChI is InChI=1S/C20H21NO3/c1-14(15(2)22)18-19(23)24-13-20(21-18,16-9-5-3-6-10-16)17-11-7-4-8-12-17/h3-12,14,18,21H,13H2,1-2H3/t14-,18-/m1/s1. The first-order chi connectivity index (χ1) is 11.5. The fourth-order valence-electron chi connectivity index (χ4n) is 3.14. The number of Topliss-reactive ketones (excluding diaryl/α,β-unsaturated/α-hetero) is 1. The third kappa shape index (κ3) is 2.85. The molecule has 0 amide bonds. The molecule has 1 heterocycles. The van der Waals surface area contributed by atoms with Crippen molar-refractivity contribution in [3.05, 3.63) is 71.8 Å². The number of carbonyl (C=O) groups is 2. The van der Waals surface area contributed by atoms with Crippen LogP contribution >= 0.6 is 0 Å². The first-order valence-electron chi connectivity index (χ1n) is 8.10. The van der Waals surface area contributed by atoms with Crippen molar-refractivity contribution in [3.63, 3.8) is 0 Å². The molecule has 4 heteroatoms. The molecule has 1 N–H and O–H groups in total. The minimum atomic E-state index is -0.670. The van der Waals surface area contributed by atoms with E-state index >= 15 is 0 Å². The van der Waals surface area contributed by atoms with E-state index in [1.165, 1.54) is 6.92 Å². The molecule has 24 heavy (non-hydrogen) atoms. The monoisotopic (exact) mass is 323 g/mol. The predicted octanol–water partition coefficient (Wildman–Crippen LogP) is 2.67. The molecule has 1 aliphatic heterocycles. The van der Waals surface area contributed by atoms with E-state index in [1.807, 2.05) is 60.7 Å². The number of rotatable bonds is 4. The number of hydrogen-bond acceptors (Lipinski definition) is 4. The van der Waals surface area contributed by atoms with Gasteiger partial charge >= 0.3 is 5.97 Å². The van der Waals surface area contributed by atoms with Gasteiger partial charge in [-0.1, -0.05) is 67.6 Å². The lowest BCUT2D eigenvalue weighted by molar-refractivity contribution is -0.158. The van der Waals surface area contributed by atoms with Crippen molar-refractivity contribution < 1.29 is 14.3 Å². The molecule has 124 valence electrons. The number of cyclic esters (lactones) is 1. The van der Waals surface area contributed by atoms with Crippen LogP contribution in [0.2, 0.25) is 0 Å². The first kappa shape index (κ1) is 16.4. The van der Waals surface area contributed by atoms with Gasteiger partial charge in [0.2, 0.25) is 0 Å². The zero-order valence-corrected chi connectivity index (χ0v) is 13.9. The number of esters is 1. The van der Waals surface area contributed by atoms with Gasteiger partial charge in [0.05, 0.1) is 0 Å². The summed E-state index contributed by atoms with van der Waals surface area (Å²) in [6, 6.07) is 19.1. The highest BCUT2D eigenvalue weighted by atomic mass is 16.5. The number of nitrogens with one attached hydrogen (secondary N) is 1. The molecule has 0 bridgehead atoms.